The lowest BCUT2D eigenvalue weighted by atomic mass is 10.0. The Bertz CT molecular complexity index is 880. The number of carbonyl (C=O) groups excluding carboxylic acids is 1. The third-order valence-corrected chi connectivity index (χ3v) is 8.07. The maximum atomic E-state index is 12.4. The van der Waals surface area contributed by atoms with Gasteiger partial charge in [0.2, 0.25) is 10.0 Å². The van der Waals surface area contributed by atoms with Crippen molar-refractivity contribution in [1.29, 1.82) is 0 Å². The average molecular weight is 395 g/mol. The summed E-state index contributed by atoms with van der Waals surface area (Å²) in [5.74, 6) is -0.659. The van der Waals surface area contributed by atoms with Crippen LogP contribution in [0.25, 0.3) is 0 Å². The van der Waals surface area contributed by atoms with Gasteiger partial charge in [-0.15, -0.1) is 0 Å². The van der Waals surface area contributed by atoms with Crippen molar-refractivity contribution in [3.63, 3.8) is 0 Å². The minimum absolute atomic E-state index is 0.00917. The topological polar surface area (TPSA) is 101 Å². The highest BCUT2D eigenvalue weighted by Crippen LogP contribution is 2.26. The number of benzene rings is 1. The lowest BCUT2D eigenvalue weighted by molar-refractivity contribution is 0.0915. The molecule has 1 aliphatic heterocycles. The Kier molecular flexibility index (Phi) is 5.02. The Balaban J connectivity index is 2.32. The van der Waals surface area contributed by atoms with Gasteiger partial charge in [0.25, 0.3) is 5.91 Å². The lowest BCUT2D eigenvalue weighted by Crippen LogP contribution is -2.46. The number of rotatable bonds is 4. The summed E-state index contributed by atoms with van der Waals surface area (Å²) < 4.78 is 48.7. The van der Waals surface area contributed by atoms with Crippen LogP contribution in [-0.4, -0.2) is 58.2 Å². The molecule has 1 amide bonds. The number of hydrogen-bond donors (Lipinski definition) is 1. The van der Waals surface area contributed by atoms with Crippen molar-refractivity contribution in [2.75, 3.05) is 25.6 Å². The molecule has 134 valence electrons. The van der Waals surface area contributed by atoms with Crippen molar-refractivity contribution in [1.82, 2.24) is 9.62 Å². The lowest BCUT2D eigenvalue weighted by Gasteiger charge is -2.24. The summed E-state index contributed by atoms with van der Waals surface area (Å²) in [7, 11) is -4.24. The van der Waals surface area contributed by atoms with Crippen molar-refractivity contribution < 1.29 is 21.6 Å². The second-order valence-electron chi connectivity index (χ2n) is 6.29. The van der Waals surface area contributed by atoms with Gasteiger partial charge >= 0.3 is 0 Å². The first-order chi connectivity index (χ1) is 10.9. The van der Waals surface area contributed by atoms with E-state index in [2.05, 4.69) is 5.32 Å². The van der Waals surface area contributed by atoms with Crippen LogP contribution in [0.4, 0.5) is 0 Å². The fraction of sp³-hybridized carbons (Fsp3) is 0.500. The van der Waals surface area contributed by atoms with Gasteiger partial charge in [0.05, 0.1) is 22.1 Å². The van der Waals surface area contributed by atoms with E-state index >= 15 is 0 Å². The van der Waals surface area contributed by atoms with Crippen LogP contribution >= 0.6 is 11.6 Å². The van der Waals surface area contributed by atoms with E-state index in [4.69, 9.17) is 11.6 Å². The molecule has 1 atom stereocenters. The molecular weight excluding hydrogens is 376 g/mol. The number of carbonyl (C=O) groups is 1. The van der Waals surface area contributed by atoms with Crippen LogP contribution in [0.1, 0.15) is 23.7 Å². The first kappa shape index (κ1) is 19.2. The molecule has 1 N–H and O–H groups in total. The average Bonchev–Trinajstić information content (AvgIpc) is 2.72. The molecule has 0 spiro atoms. The Labute approximate surface area is 147 Å². The summed E-state index contributed by atoms with van der Waals surface area (Å²) in [5, 5.41) is 2.69. The fourth-order valence-corrected chi connectivity index (χ4v) is 5.98. The van der Waals surface area contributed by atoms with Gasteiger partial charge in [-0.05, 0) is 31.5 Å². The van der Waals surface area contributed by atoms with Crippen LogP contribution in [0.15, 0.2) is 23.1 Å². The van der Waals surface area contributed by atoms with Gasteiger partial charge in [0.1, 0.15) is 4.90 Å². The van der Waals surface area contributed by atoms with Crippen molar-refractivity contribution >= 4 is 37.4 Å². The largest absolute Gasteiger partial charge is 0.346 e. The molecule has 1 aromatic carbocycles. The fourth-order valence-electron chi connectivity index (χ4n) is 2.49. The highest BCUT2D eigenvalue weighted by molar-refractivity contribution is 7.91. The predicted octanol–water partition coefficient (Wildman–Crippen LogP) is 0.897. The highest BCUT2D eigenvalue weighted by Gasteiger charge is 2.39. The molecule has 1 saturated heterocycles. The Morgan fingerprint density at radius 2 is 1.96 bits per heavy atom. The SMILES string of the molecule is CN(C)S(=O)(=O)c1cc(C(=O)NC2(C)CCS(=O)(=O)C2)ccc1Cl. The highest BCUT2D eigenvalue weighted by atomic mass is 35.5. The predicted molar refractivity (Wildman–Crippen MR) is 91.5 cm³/mol. The van der Waals surface area contributed by atoms with Crippen LogP contribution in [0, 0.1) is 0 Å². The van der Waals surface area contributed by atoms with E-state index in [0.717, 1.165) is 4.31 Å². The zero-order chi connectivity index (χ0) is 18.3. The van der Waals surface area contributed by atoms with E-state index in [1.165, 1.54) is 32.3 Å². The van der Waals surface area contributed by atoms with E-state index in [9.17, 15) is 21.6 Å². The van der Waals surface area contributed by atoms with Crippen molar-refractivity contribution in [3.05, 3.63) is 28.8 Å². The zero-order valence-electron chi connectivity index (χ0n) is 13.5. The third-order valence-electron chi connectivity index (χ3n) is 3.87. The van der Waals surface area contributed by atoms with E-state index in [0.29, 0.717) is 6.42 Å². The summed E-state index contributed by atoms with van der Waals surface area (Å²) in [6.07, 6.45) is 0.317. The van der Waals surface area contributed by atoms with Crippen molar-refractivity contribution in [3.8, 4) is 0 Å². The quantitative estimate of drug-likeness (QED) is 0.817. The Morgan fingerprint density at radius 3 is 2.46 bits per heavy atom. The Morgan fingerprint density at radius 1 is 1.33 bits per heavy atom. The molecule has 1 heterocycles. The van der Waals surface area contributed by atoms with Crippen LogP contribution in [-0.2, 0) is 19.9 Å². The molecule has 1 aromatic rings. The number of sulfone groups is 1. The van der Waals surface area contributed by atoms with Gasteiger partial charge in [0.15, 0.2) is 9.84 Å². The molecule has 1 fully saturated rings. The van der Waals surface area contributed by atoms with Gasteiger partial charge in [-0.1, -0.05) is 11.6 Å². The monoisotopic (exact) mass is 394 g/mol. The second kappa shape index (κ2) is 6.29. The number of nitrogens with one attached hydrogen (secondary N) is 1. The summed E-state index contributed by atoms with van der Waals surface area (Å²) in [5.41, 5.74) is -0.763. The first-order valence-corrected chi connectivity index (χ1v) is 10.8. The summed E-state index contributed by atoms with van der Waals surface area (Å²) >= 11 is 5.95. The molecule has 7 nitrogen and oxygen atoms in total. The summed E-state index contributed by atoms with van der Waals surface area (Å²) in [4.78, 5) is 12.2. The molecule has 10 heteroatoms. The minimum atomic E-state index is -3.80. The van der Waals surface area contributed by atoms with Crippen LogP contribution in [0.5, 0.6) is 0 Å². The van der Waals surface area contributed by atoms with Gasteiger partial charge in [0, 0.05) is 19.7 Å². The summed E-state index contributed by atoms with van der Waals surface area (Å²) in [6, 6.07) is 3.93. The van der Waals surface area contributed by atoms with E-state index < -0.39 is 31.3 Å². The number of nitrogens with zero attached hydrogens (tertiary/aromatic N) is 1. The molecule has 0 aromatic heterocycles. The molecule has 0 aliphatic carbocycles. The number of hydrogen-bond acceptors (Lipinski definition) is 5. The Hall–Kier alpha value is -1.16. The standard InChI is InChI=1S/C14H19ClN2O5S2/c1-14(6-7-23(19,20)9-14)16-13(18)10-4-5-11(15)12(8-10)24(21,22)17(2)3/h4-5,8H,6-7,9H2,1-3H3,(H,16,18). The smallest absolute Gasteiger partial charge is 0.251 e. The molecule has 24 heavy (non-hydrogen) atoms. The van der Waals surface area contributed by atoms with Crippen LogP contribution < -0.4 is 5.32 Å². The molecule has 2 rings (SSSR count). The van der Waals surface area contributed by atoms with Crippen LogP contribution in [0.3, 0.4) is 0 Å². The van der Waals surface area contributed by atoms with Gasteiger partial charge in [-0.2, -0.15) is 0 Å². The molecule has 0 radical (unpaired) electrons. The number of sulfonamides is 1. The van der Waals surface area contributed by atoms with E-state index in [-0.39, 0.29) is 27.0 Å². The molecule has 1 unspecified atom stereocenters. The van der Waals surface area contributed by atoms with Gasteiger partial charge in [-0.25, -0.2) is 21.1 Å². The maximum Gasteiger partial charge on any atom is 0.251 e. The van der Waals surface area contributed by atoms with Crippen molar-refractivity contribution in [2.45, 2.75) is 23.8 Å². The zero-order valence-corrected chi connectivity index (χ0v) is 15.9. The van der Waals surface area contributed by atoms with Crippen LogP contribution in [0.2, 0.25) is 5.02 Å². The maximum absolute atomic E-state index is 12.4. The third kappa shape index (κ3) is 3.90. The number of halogens is 1. The number of amides is 1. The first-order valence-electron chi connectivity index (χ1n) is 7.11. The molecular formula is C14H19ClN2O5S2. The minimum Gasteiger partial charge on any atom is -0.346 e. The van der Waals surface area contributed by atoms with E-state index in [1.54, 1.807) is 6.92 Å². The molecule has 0 bridgehead atoms. The molecule has 1 aliphatic rings. The van der Waals surface area contributed by atoms with Crippen molar-refractivity contribution in [2.24, 2.45) is 0 Å². The summed E-state index contributed by atoms with van der Waals surface area (Å²) in [6.45, 7) is 1.66. The van der Waals surface area contributed by atoms with Gasteiger partial charge < -0.3 is 5.32 Å². The second-order valence-corrected chi connectivity index (χ2v) is 11.0. The molecule has 0 saturated carbocycles. The van der Waals surface area contributed by atoms with Gasteiger partial charge in [-0.3, -0.25) is 4.79 Å². The normalized spacial score (nSPS) is 23.4. The van der Waals surface area contributed by atoms with E-state index in [1.807, 2.05) is 0 Å².